The van der Waals surface area contributed by atoms with E-state index < -0.39 is 45.6 Å². The van der Waals surface area contributed by atoms with E-state index in [9.17, 15) is 28.4 Å². The number of carbonyl (C=O) groups excluding carboxylic acids is 1. The molecule has 0 aromatic heterocycles. The Morgan fingerprint density at radius 3 is 2.40 bits per heavy atom. The summed E-state index contributed by atoms with van der Waals surface area (Å²) in [5.74, 6) is 0.434. The fraction of sp³-hybridized carbons (Fsp3) is 0.441. The van der Waals surface area contributed by atoms with Crippen LogP contribution in [-0.4, -0.2) is 79.7 Å². The van der Waals surface area contributed by atoms with Crippen LogP contribution >= 0.6 is 0 Å². The highest BCUT2D eigenvalue weighted by Gasteiger charge is 2.44. The second-order valence-corrected chi connectivity index (χ2v) is 14.3. The summed E-state index contributed by atoms with van der Waals surface area (Å²) in [6.45, 7) is 4.47. The Kier molecular flexibility index (Phi) is 11.7. The van der Waals surface area contributed by atoms with Gasteiger partial charge in [0.15, 0.2) is 6.29 Å². The summed E-state index contributed by atoms with van der Waals surface area (Å²) in [6, 6.07) is 20.6. The minimum atomic E-state index is -4.17. The zero-order chi connectivity index (χ0) is 34.3. The largest absolute Gasteiger partial charge is 0.489 e. The summed E-state index contributed by atoms with van der Waals surface area (Å²) in [7, 11) is -4.17. The number of aliphatic hydroxyl groups excluding tert-OH is 1. The van der Waals surface area contributed by atoms with Crippen molar-refractivity contribution in [3.05, 3.63) is 100 Å². The molecule has 3 aromatic carbocycles. The third-order valence-electron chi connectivity index (χ3n) is 8.28. The first-order chi connectivity index (χ1) is 23.0. The van der Waals surface area contributed by atoms with Crippen molar-refractivity contribution in [2.75, 3.05) is 26.3 Å². The van der Waals surface area contributed by atoms with Gasteiger partial charge in [0.05, 0.1) is 41.1 Å². The van der Waals surface area contributed by atoms with Crippen LogP contribution in [0.5, 0.6) is 5.75 Å². The number of fused-ring (bicyclic) bond motifs is 1. The highest BCUT2D eigenvalue weighted by molar-refractivity contribution is 7.89. The summed E-state index contributed by atoms with van der Waals surface area (Å²) < 4.78 is 51.3. The second-order valence-electron chi connectivity index (χ2n) is 12.4. The van der Waals surface area contributed by atoms with Gasteiger partial charge in [0.2, 0.25) is 10.0 Å². The highest BCUT2D eigenvalue weighted by Crippen LogP contribution is 2.33. The highest BCUT2D eigenvalue weighted by atomic mass is 32.2. The molecule has 2 saturated heterocycles. The molecular weight excluding hydrogens is 642 g/mol. The number of sulfonamides is 1. The minimum Gasteiger partial charge on any atom is -0.489 e. The molecule has 5 rings (SSSR count). The lowest BCUT2D eigenvalue weighted by atomic mass is 10.0. The van der Waals surface area contributed by atoms with Gasteiger partial charge in [-0.1, -0.05) is 56.3 Å². The van der Waals surface area contributed by atoms with E-state index in [1.807, 2.05) is 56.3 Å². The van der Waals surface area contributed by atoms with Crippen LogP contribution in [-0.2, 0) is 37.3 Å². The average molecular weight is 684 g/mol. The maximum absolute atomic E-state index is 13.7. The molecule has 48 heavy (non-hydrogen) atoms. The number of benzene rings is 3. The Labute approximate surface area is 280 Å². The van der Waals surface area contributed by atoms with Gasteiger partial charge < -0.3 is 29.4 Å². The summed E-state index contributed by atoms with van der Waals surface area (Å²) in [6.07, 6.45) is -2.22. The van der Waals surface area contributed by atoms with E-state index >= 15 is 0 Å². The lowest BCUT2D eigenvalue weighted by Gasteiger charge is -2.31. The molecule has 2 N–H and O–H groups in total. The molecule has 2 aliphatic rings. The number of carbonyl (C=O) groups is 1. The van der Waals surface area contributed by atoms with E-state index in [2.05, 4.69) is 5.32 Å². The van der Waals surface area contributed by atoms with E-state index in [1.165, 1.54) is 12.1 Å². The number of alkyl carbamates (subject to hydrolysis) is 1. The molecule has 14 heteroatoms. The van der Waals surface area contributed by atoms with Gasteiger partial charge in [-0.05, 0) is 54.2 Å². The average Bonchev–Trinajstić information content (AvgIpc) is 3.69. The van der Waals surface area contributed by atoms with Crippen LogP contribution < -0.4 is 10.1 Å². The van der Waals surface area contributed by atoms with Gasteiger partial charge in [-0.2, -0.15) is 4.31 Å². The molecule has 258 valence electrons. The number of rotatable bonds is 15. The van der Waals surface area contributed by atoms with E-state index in [-0.39, 0.29) is 48.5 Å². The summed E-state index contributed by atoms with van der Waals surface area (Å²) in [4.78, 5) is 23.6. The number of aliphatic hydroxyl groups is 1. The first-order valence-electron chi connectivity index (χ1n) is 15.9. The van der Waals surface area contributed by atoms with Crippen molar-refractivity contribution in [1.82, 2.24) is 9.62 Å². The minimum absolute atomic E-state index is 0.0590. The molecule has 0 aliphatic carbocycles. The third-order valence-corrected chi connectivity index (χ3v) is 10.1. The number of nitro groups is 1. The molecule has 0 saturated carbocycles. The first-order valence-corrected chi connectivity index (χ1v) is 17.3. The zero-order valence-electron chi connectivity index (χ0n) is 26.8. The molecule has 2 fully saturated rings. The van der Waals surface area contributed by atoms with Crippen LogP contribution in [0.2, 0.25) is 0 Å². The van der Waals surface area contributed by atoms with Crippen molar-refractivity contribution in [1.29, 1.82) is 0 Å². The molecule has 2 heterocycles. The number of nitrogens with zero attached hydrogens (tertiary/aromatic N) is 2. The lowest BCUT2D eigenvalue weighted by molar-refractivity contribution is -0.384. The maximum Gasteiger partial charge on any atom is 0.407 e. The fourth-order valence-corrected chi connectivity index (χ4v) is 7.39. The predicted molar refractivity (Wildman–Crippen MR) is 175 cm³/mol. The van der Waals surface area contributed by atoms with E-state index in [4.69, 9.17) is 18.9 Å². The van der Waals surface area contributed by atoms with Crippen LogP contribution in [0.1, 0.15) is 31.4 Å². The van der Waals surface area contributed by atoms with E-state index in [0.717, 1.165) is 27.6 Å². The number of non-ortho nitro benzene ring substituents is 1. The molecule has 0 radical (unpaired) electrons. The van der Waals surface area contributed by atoms with Crippen molar-refractivity contribution in [3.63, 3.8) is 0 Å². The van der Waals surface area contributed by atoms with Crippen molar-refractivity contribution in [3.8, 4) is 5.75 Å². The van der Waals surface area contributed by atoms with Gasteiger partial charge in [0, 0.05) is 25.2 Å². The standard InChI is InChI=1S/C34H41N3O10S/c1-23(2)19-36(48(42,43)28-14-10-26(11-15-28)37(40)41)20-31(38)30(35-34(39)47-32-22-46-33-29(32)16-17-44-33)18-24-8-12-27(13-9-24)45-21-25-6-4-3-5-7-25/h3-15,23,29-33,38H,16-22H2,1-2H3,(H,35,39). The van der Waals surface area contributed by atoms with Gasteiger partial charge in [-0.25, -0.2) is 13.2 Å². The van der Waals surface area contributed by atoms with Crippen molar-refractivity contribution in [2.24, 2.45) is 11.8 Å². The molecule has 5 atom stereocenters. The number of ether oxygens (including phenoxy) is 4. The van der Waals surface area contributed by atoms with Gasteiger partial charge in [0.1, 0.15) is 18.5 Å². The number of hydrogen-bond acceptors (Lipinski definition) is 10. The maximum atomic E-state index is 13.7. The molecular formula is C34H41N3O10S. The molecule has 5 unspecified atom stereocenters. The van der Waals surface area contributed by atoms with E-state index in [1.54, 1.807) is 12.1 Å². The quantitative estimate of drug-likeness (QED) is 0.174. The van der Waals surface area contributed by atoms with Gasteiger partial charge >= 0.3 is 6.09 Å². The van der Waals surface area contributed by atoms with Crippen molar-refractivity contribution >= 4 is 21.8 Å². The molecule has 0 bridgehead atoms. The van der Waals surface area contributed by atoms with Crippen LogP contribution in [0.25, 0.3) is 0 Å². The molecule has 1 amide bonds. The number of hydrogen-bond donors (Lipinski definition) is 2. The van der Waals surface area contributed by atoms with Gasteiger partial charge in [-0.15, -0.1) is 0 Å². The lowest BCUT2D eigenvalue weighted by Crippen LogP contribution is -2.51. The molecule has 13 nitrogen and oxygen atoms in total. The van der Waals surface area contributed by atoms with Crippen LogP contribution in [0, 0.1) is 22.0 Å². The third kappa shape index (κ3) is 9.08. The monoisotopic (exact) mass is 683 g/mol. The van der Waals surface area contributed by atoms with Crippen molar-refractivity contribution < 1.29 is 42.2 Å². The van der Waals surface area contributed by atoms with Crippen molar-refractivity contribution in [2.45, 2.75) is 62.7 Å². The van der Waals surface area contributed by atoms with E-state index in [0.29, 0.717) is 25.4 Å². The number of nitro benzene ring substituents is 1. The SMILES string of the molecule is CC(C)CN(CC(O)C(Cc1ccc(OCc2ccccc2)cc1)NC(=O)OC1COC2OCCC12)S(=O)(=O)c1ccc([N+](=O)[O-])cc1. The summed E-state index contributed by atoms with van der Waals surface area (Å²) in [5, 5.41) is 25.5. The number of nitrogens with one attached hydrogen (secondary N) is 1. The normalized spacial score (nSPS) is 20.3. The Morgan fingerprint density at radius 1 is 1.02 bits per heavy atom. The van der Waals surface area contributed by atoms with Gasteiger partial charge in [-0.3, -0.25) is 10.1 Å². The Bertz CT molecular complexity index is 1620. The number of amides is 1. The van der Waals surface area contributed by atoms with Crippen LogP contribution in [0.3, 0.4) is 0 Å². The second kappa shape index (κ2) is 15.9. The van der Waals surface area contributed by atoms with Crippen LogP contribution in [0.4, 0.5) is 10.5 Å². The zero-order valence-corrected chi connectivity index (χ0v) is 27.7. The Balaban J connectivity index is 1.32. The fourth-order valence-electron chi connectivity index (χ4n) is 5.77. The molecule has 3 aromatic rings. The smallest absolute Gasteiger partial charge is 0.407 e. The Morgan fingerprint density at radius 2 is 1.73 bits per heavy atom. The molecule has 2 aliphatic heterocycles. The Hall–Kier alpha value is -4.08. The first kappa shape index (κ1) is 35.2. The topological polar surface area (TPSA) is 167 Å². The molecule has 0 spiro atoms. The predicted octanol–water partition coefficient (Wildman–Crippen LogP) is 4.28. The van der Waals surface area contributed by atoms with Gasteiger partial charge in [0.25, 0.3) is 5.69 Å². The summed E-state index contributed by atoms with van der Waals surface area (Å²) >= 11 is 0. The summed E-state index contributed by atoms with van der Waals surface area (Å²) in [5.41, 5.74) is 1.53. The van der Waals surface area contributed by atoms with Crippen LogP contribution in [0.15, 0.2) is 83.8 Å².